The van der Waals surface area contributed by atoms with E-state index >= 15 is 0 Å². The summed E-state index contributed by atoms with van der Waals surface area (Å²) in [5, 5.41) is 9.40. The van der Waals surface area contributed by atoms with Gasteiger partial charge in [0.1, 0.15) is 4.21 Å². The van der Waals surface area contributed by atoms with Crippen LogP contribution in [0.25, 0.3) is 0 Å². The van der Waals surface area contributed by atoms with Gasteiger partial charge in [0.2, 0.25) is 0 Å². The van der Waals surface area contributed by atoms with E-state index < -0.39 is 10.0 Å². The molecule has 2 aromatic heterocycles. The minimum absolute atomic E-state index is 0.147. The van der Waals surface area contributed by atoms with Gasteiger partial charge in [-0.05, 0) is 31.4 Å². The third-order valence-corrected chi connectivity index (χ3v) is 6.98. The standard InChI is InChI=1S/C11H12N2O3S3/c14-6-7-4-5-10(17-7)19(15,16)13-11-12-8-2-1-3-9(8)18-11/h4-5,14H,1-3,6H2,(H,12,13). The molecule has 2 N–H and O–H groups in total. The third kappa shape index (κ3) is 2.53. The van der Waals surface area contributed by atoms with Crippen LogP contribution in [0, 0.1) is 0 Å². The normalized spacial score (nSPS) is 14.6. The highest BCUT2D eigenvalue weighted by atomic mass is 32.2. The number of thiophene rings is 1. The van der Waals surface area contributed by atoms with Crippen molar-refractivity contribution in [2.45, 2.75) is 30.1 Å². The average molecular weight is 316 g/mol. The predicted octanol–water partition coefficient (Wildman–Crippen LogP) is 1.99. The van der Waals surface area contributed by atoms with Crippen molar-refractivity contribution < 1.29 is 13.5 Å². The fourth-order valence-corrected chi connectivity index (χ4v) is 5.49. The zero-order chi connectivity index (χ0) is 13.5. The highest BCUT2D eigenvalue weighted by Crippen LogP contribution is 2.32. The minimum atomic E-state index is -3.58. The molecule has 102 valence electrons. The molecule has 0 aliphatic heterocycles. The molecule has 0 fully saturated rings. The maximum absolute atomic E-state index is 12.1. The van der Waals surface area contributed by atoms with E-state index in [0.717, 1.165) is 36.3 Å². The van der Waals surface area contributed by atoms with Crippen LogP contribution in [0.5, 0.6) is 0 Å². The smallest absolute Gasteiger partial charge is 0.273 e. The van der Waals surface area contributed by atoms with E-state index in [9.17, 15) is 8.42 Å². The van der Waals surface area contributed by atoms with Gasteiger partial charge in [0, 0.05) is 9.75 Å². The van der Waals surface area contributed by atoms with E-state index in [1.54, 1.807) is 6.07 Å². The second-order valence-corrected chi connectivity index (χ2v) is 8.39. The molecule has 1 aliphatic rings. The summed E-state index contributed by atoms with van der Waals surface area (Å²) in [6.45, 7) is -0.147. The number of fused-ring (bicyclic) bond motifs is 1. The maximum atomic E-state index is 12.1. The summed E-state index contributed by atoms with van der Waals surface area (Å²) in [4.78, 5) is 6.12. The second kappa shape index (κ2) is 4.86. The first-order valence-corrected chi connectivity index (χ1v) is 8.91. The van der Waals surface area contributed by atoms with E-state index in [-0.39, 0.29) is 10.8 Å². The number of hydrogen-bond acceptors (Lipinski definition) is 6. The van der Waals surface area contributed by atoms with Crippen molar-refractivity contribution >= 4 is 37.8 Å². The fraction of sp³-hybridized carbons (Fsp3) is 0.364. The summed E-state index contributed by atoms with van der Waals surface area (Å²) in [7, 11) is -3.58. The number of rotatable bonds is 4. The van der Waals surface area contributed by atoms with Gasteiger partial charge in [0.25, 0.3) is 10.0 Å². The van der Waals surface area contributed by atoms with Gasteiger partial charge in [0.05, 0.1) is 12.3 Å². The zero-order valence-corrected chi connectivity index (χ0v) is 12.4. The van der Waals surface area contributed by atoms with Crippen LogP contribution in [0.4, 0.5) is 5.13 Å². The topological polar surface area (TPSA) is 79.3 Å². The first-order valence-electron chi connectivity index (χ1n) is 5.79. The first-order chi connectivity index (χ1) is 9.08. The predicted molar refractivity (Wildman–Crippen MR) is 75.2 cm³/mol. The van der Waals surface area contributed by atoms with E-state index in [2.05, 4.69) is 9.71 Å². The van der Waals surface area contributed by atoms with Crippen molar-refractivity contribution in [1.29, 1.82) is 0 Å². The summed E-state index contributed by atoms with van der Waals surface area (Å²) in [6.07, 6.45) is 3.02. The molecule has 0 saturated heterocycles. The Balaban J connectivity index is 1.84. The van der Waals surface area contributed by atoms with Crippen LogP contribution in [0.3, 0.4) is 0 Å². The molecule has 19 heavy (non-hydrogen) atoms. The number of nitrogens with one attached hydrogen (secondary N) is 1. The number of aliphatic hydroxyl groups is 1. The van der Waals surface area contributed by atoms with Gasteiger partial charge in [0.15, 0.2) is 5.13 Å². The molecule has 0 amide bonds. The Morgan fingerprint density at radius 3 is 2.84 bits per heavy atom. The molecule has 5 nitrogen and oxygen atoms in total. The van der Waals surface area contributed by atoms with Crippen LogP contribution < -0.4 is 4.72 Å². The lowest BCUT2D eigenvalue weighted by atomic mass is 10.4. The van der Waals surface area contributed by atoms with Crippen molar-refractivity contribution in [2.75, 3.05) is 4.72 Å². The molecule has 3 rings (SSSR count). The van der Waals surface area contributed by atoms with Gasteiger partial charge in [-0.25, -0.2) is 13.4 Å². The van der Waals surface area contributed by atoms with Crippen molar-refractivity contribution in [2.24, 2.45) is 0 Å². The van der Waals surface area contributed by atoms with Crippen LogP contribution in [0.15, 0.2) is 16.3 Å². The van der Waals surface area contributed by atoms with E-state index in [1.807, 2.05) is 0 Å². The number of aromatic nitrogens is 1. The Kier molecular flexibility index (Phi) is 3.34. The monoisotopic (exact) mass is 316 g/mol. The maximum Gasteiger partial charge on any atom is 0.273 e. The highest BCUT2D eigenvalue weighted by molar-refractivity contribution is 7.94. The highest BCUT2D eigenvalue weighted by Gasteiger charge is 2.22. The third-order valence-electron chi connectivity index (χ3n) is 2.88. The fourth-order valence-electron chi connectivity index (χ4n) is 1.99. The molecule has 0 spiro atoms. The summed E-state index contributed by atoms with van der Waals surface area (Å²) >= 11 is 2.48. The van der Waals surface area contributed by atoms with Gasteiger partial charge in [-0.1, -0.05) is 0 Å². The number of anilines is 1. The second-order valence-electron chi connectivity index (χ2n) is 4.23. The van der Waals surface area contributed by atoms with Gasteiger partial charge < -0.3 is 5.11 Å². The van der Waals surface area contributed by atoms with Gasteiger partial charge in [-0.3, -0.25) is 4.72 Å². The van der Waals surface area contributed by atoms with Gasteiger partial charge in [-0.2, -0.15) is 0 Å². The number of thiazole rings is 1. The number of aliphatic hydroxyl groups excluding tert-OH is 1. The molecule has 2 heterocycles. The number of sulfonamides is 1. The largest absolute Gasteiger partial charge is 0.391 e. The molecule has 0 unspecified atom stereocenters. The van der Waals surface area contributed by atoms with Crippen molar-refractivity contribution in [1.82, 2.24) is 4.98 Å². The quantitative estimate of drug-likeness (QED) is 0.904. The van der Waals surface area contributed by atoms with Crippen LogP contribution in [0.2, 0.25) is 0 Å². The Morgan fingerprint density at radius 2 is 2.16 bits per heavy atom. The SMILES string of the molecule is O=S(=O)(Nc1nc2c(s1)CCC2)c1ccc(CO)s1. The van der Waals surface area contributed by atoms with Crippen LogP contribution in [0.1, 0.15) is 21.9 Å². The van der Waals surface area contributed by atoms with E-state index in [1.165, 1.54) is 22.3 Å². The summed E-state index contributed by atoms with van der Waals surface area (Å²) in [5.74, 6) is 0. The summed E-state index contributed by atoms with van der Waals surface area (Å²) in [6, 6.07) is 3.11. The molecule has 0 bridgehead atoms. The van der Waals surface area contributed by atoms with Crippen molar-refractivity contribution in [3.05, 3.63) is 27.6 Å². The molecule has 2 aromatic rings. The molecular weight excluding hydrogens is 304 g/mol. The lowest BCUT2D eigenvalue weighted by Gasteiger charge is -2.02. The lowest BCUT2D eigenvalue weighted by Crippen LogP contribution is -2.11. The summed E-state index contributed by atoms with van der Waals surface area (Å²) in [5.41, 5.74) is 1.02. The van der Waals surface area contributed by atoms with Gasteiger partial charge >= 0.3 is 0 Å². The Labute approximate surface area is 119 Å². The first kappa shape index (κ1) is 13.0. The van der Waals surface area contributed by atoms with Crippen LogP contribution >= 0.6 is 22.7 Å². The zero-order valence-electron chi connectivity index (χ0n) is 9.92. The van der Waals surface area contributed by atoms with Crippen molar-refractivity contribution in [3.8, 4) is 0 Å². The van der Waals surface area contributed by atoms with Crippen LogP contribution in [-0.2, 0) is 29.5 Å². The Bertz CT molecular complexity index is 681. The summed E-state index contributed by atoms with van der Waals surface area (Å²) < 4.78 is 27.0. The van der Waals surface area contributed by atoms with Crippen LogP contribution in [-0.4, -0.2) is 18.5 Å². The van der Waals surface area contributed by atoms with E-state index in [0.29, 0.717) is 10.0 Å². The molecule has 8 heteroatoms. The number of nitrogens with zero attached hydrogens (tertiary/aromatic N) is 1. The lowest BCUT2D eigenvalue weighted by molar-refractivity contribution is 0.285. The molecule has 0 atom stereocenters. The van der Waals surface area contributed by atoms with Gasteiger partial charge in [-0.15, -0.1) is 22.7 Å². The Hall–Kier alpha value is -0.960. The molecule has 0 saturated carbocycles. The van der Waals surface area contributed by atoms with Crippen molar-refractivity contribution in [3.63, 3.8) is 0 Å². The van der Waals surface area contributed by atoms with E-state index in [4.69, 9.17) is 5.11 Å². The molecular formula is C11H12N2O3S3. The molecule has 0 aromatic carbocycles. The average Bonchev–Trinajstić information content (AvgIpc) is 3.01. The number of aryl methyl sites for hydroxylation is 2. The Morgan fingerprint density at radius 1 is 1.32 bits per heavy atom. The minimum Gasteiger partial charge on any atom is -0.391 e. The molecule has 0 radical (unpaired) electrons. The number of hydrogen-bond donors (Lipinski definition) is 2. The molecule has 1 aliphatic carbocycles.